The maximum atomic E-state index is 11.6. The van der Waals surface area contributed by atoms with Crippen LogP contribution in [0.2, 0.25) is 5.02 Å². The topological polar surface area (TPSA) is 110 Å². The van der Waals surface area contributed by atoms with Crippen LogP contribution in [0.1, 0.15) is 24.6 Å². The predicted molar refractivity (Wildman–Crippen MR) is 111 cm³/mol. The first-order chi connectivity index (χ1) is 14.6. The number of benzene rings is 1. The highest BCUT2D eigenvalue weighted by atomic mass is 35.5. The lowest BCUT2D eigenvalue weighted by Gasteiger charge is -2.23. The number of nitrogens with one attached hydrogen (secondary N) is 1. The fourth-order valence-electron chi connectivity index (χ4n) is 3.81. The van der Waals surface area contributed by atoms with Gasteiger partial charge in [-0.05, 0) is 31.0 Å². The number of aromatic amines is 1. The molecular formula is C19H18ClN9O. The van der Waals surface area contributed by atoms with E-state index in [2.05, 4.69) is 35.6 Å². The van der Waals surface area contributed by atoms with Crippen molar-refractivity contribution in [1.82, 2.24) is 40.0 Å². The van der Waals surface area contributed by atoms with Gasteiger partial charge in [-0.2, -0.15) is 5.10 Å². The van der Waals surface area contributed by atoms with Crippen molar-refractivity contribution < 1.29 is 0 Å². The molecule has 0 amide bonds. The minimum atomic E-state index is -0.284. The minimum absolute atomic E-state index is 0.0333. The summed E-state index contributed by atoms with van der Waals surface area (Å²) in [6, 6.07) is 8.97. The van der Waals surface area contributed by atoms with Gasteiger partial charge in [0.25, 0.3) is 5.56 Å². The molecule has 0 spiro atoms. The normalized spacial score (nSPS) is 16.3. The Balaban J connectivity index is 1.46. The van der Waals surface area contributed by atoms with Crippen LogP contribution in [0.5, 0.6) is 0 Å². The number of anilines is 1. The van der Waals surface area contributed by atoms with Gasteiger partial charge in [-0.25, -0.2) is 9.78 Å². The van der Waals surface area contributed by atoms with Crippen LogP contribution in [0, 0.1) is 0 Å². The SMILES string of the molecule is Cn1c(-c2cn[nH]c(=O)c2)nnc1N1CCC[C@@H]1c1cn(-c2cccc(Cl)c2)nn1. The largest absolute Gasteiger partial charge is 0.332 e. The van der Waals surface area contributed by atoms with E-state index in [9.17, 15) is 4.79 Å². The maximum Gasteiger partial charge on any atom is 0.264 e. The molecule has 4 aromatic rings. The maximum absolute atomic E-state index is 11.6. The van der Waals surface area contributed by atoms with Crippen molar-refractivity contribution in [1.29, 1.82) is 0 Å². The summed E-state index contributed by atoms with van der Waals surface area (Å²) in [5.41, 5.74) is 2.04. The van der Waals surface area contributed by atoms with Gasteiger partial charge in [0.05, 0.1) is 24.1 Å². The molecule has 4 heterocycles. The third-order valence-electron chi connectivity index (χ3n) is 5.21. The van der Waals surface area contributed by atoms with Gasteiger partial charge in [0.1, 0.15) is 5.69 Å². The van der Waals surface area contributed by atoms with Crippen LogP contribution >= 0.6 is 11.6 Å². The zero-order chi connectivity index (χ0) is 20.7. The molecule has 11 heteroatoms. The fourth-order valence-corrected chi connectivity index (χ4v) is 3.99. The summed E-state index contributed by atoms with van der Waals surface area (Å²) in [5.74, 6) is 1.29. The lowest BCUT2D eigenvalue weighted by Crippen LogP contribution is -2.25. The number of hydrogen-bond donors (Lipinski definition) is 1. The lowest BCUT2D eigenvalue weighted by atomic mass is 10.1. The van der Waals surface area contributed by atoms with Crippen LogP contribution in [-0.4, -0.2) is 46.5 Å². The molecule has 1 aromatic carbocycles. The van der Waals surface area contributed by atoms with Crippen LogP contribution < -0.4 is 10.5 Å². The quantitative estimate of drug-likeness (QED) is 0.535. The molecule has 1 saturated heterocycles. The predicted octanol–water partition coefficient (Wildman–Crippen LogP) is 2.14. The van der Waals surface area contributed by atoms with Crippen molar-refractivity contribution in [2.24, 2.45) is 7.05 Å². The molecule has 152 valence electrons. The molecule has 0 saturated carbocycles. The van der Waals surface area contributed by atoms with Crippen molar-refractivity contribution in [2.75, 3.05) is 11.4 Å². The second-order valence-corrected chi connectivity index (χ2v) is 7.57. The average molecular weight is 424 g/mol. The van der Waals surface area contributed by atoms with Crippen LogP contribution in [0.25, 0.3) is 17.1 Å². The number of halogens is 1. The number of rotatable bonds is 4. The summed E-state index contributed by atoms with van der Waals surface area (Å²) in [5, 5.41) is 24.2. The summed E-state index contributed by atoms with van der Waals surface area (Å²) < 4.78 is 3.60. The fraction of sp³-hybridized carbons (Fsp3) is 0.263. The van der Waals surface area contributed by atoms with Crippen molar-refractivity contribution in [3.63, 3.8) is 0 Å². The van der Waals surface area contributed by atoms with Crippen LogP contribution in [0.4, 0.5) is 5.95 Å². The second-order valence-electron chi connectivity index (χ2n) is 7.14. The van der Waals surface area contributed by atoms with E-state index in [0.717, 1.165) is 30.8 Å². The van der Waals surface area contributed by atoms with E-state index in [4.69, 9.17) is 11.6 Å². The van der Waals surface area contributed by atoms with Gasteiger partial charge in [0.2, 0.25) is 5.95 Å². The van der Waals surface area contributed by atoms with E-state index in [0.29, 0.717) is 22.4 Å². The van der Waals surface area contributed by atoms with Crippen molar-refractivity contribution in [2.45, 2.75) is 18.9 Å². The molecule has 3 aromatic heterocycles. The molecule has 1 aliphatic heterocycles. The van der Waals surface area contributed by atoms with E-state index in [1.165, 1.54) is 6.07 Å². The Hall–Kier alpha value is -3.53. The molecule has 0 bridgehead atoms. The van der Waals surface area contributed by atoms with Crippen molar-refractivity contribution in [3.8, 4) is 17.1 Å². The summed E-state index contributed by atoms with van der Waals surface area (Å²) >= 11 is 6.10. The lowest BCUT2D eigenvalue weighted by molar-refractivity contribution is 0.662. The molecule has 30 heavy (non-hydrogen) atoms. The first kappa shape index (κ1) is 18.5. The zero-order valence-electron chi connectivity index (χ0n) is 16.1. The Labute approximate surface area is 176 Å². The smallest absolute Gasteiger partial charge is 0.264 e. The van der Waals surface area contributed by atoms with Gasteiger partial charge in [0, 0.05) is 30.2 Å². The highest BCUT2D eigenvalue weighted by Gasteiger charge is 2.32. The number of nitrogens with zero attached hydrogens (tertiary/aromatic N) is 8. The minimum Gasteiger partial charge on any atom is -0.332 e. The third-order valence-corrected chi connectivity index (χ3v) is 5.45. The van der Waals surface area contributed by atoms with Crippen LogP contribution in [0.3, 0.4) is 0 Å². The highest BCUT2D eigenvalue weighted by molar-refractivity contribution is 6.30. The first-order valence-electron chi connectivity index (χ1n) is 9.49. The zero-order valence-corrected chi connectivity index (χ0v) is 16.9. The van der Waals surface area contributed by atoms with E-state index in [1.54, 1.807) is 10.9 Å². The average Bonchev–Trinajstić information content (AvgIpc) is 3.47. The molecule has 0 aliphatic carbocycles. The van der Waals surface area contributed by atoms with Crippen molar-refractivity contribution in [3.05, 3.63) is 63.8 Å². The standard InChI is InChI=1S/C19H18ClN9O/c1-27-18(12-8-17(30)23-21-10-12)24-25-19(27)28-7-3-6-16(28)15-11-29(26-22-15)14-5-2-4-13(20)9-14/h2,4-5,8-11,16H,3,6-7H2,1H3,(H,23,30)/t16-/m1/s1. The van der Waals surface area contributed by atoms with Crippen molar-refractivity contribution >= 4 is 17.5 Å². The molecule has 0 radical (unpaired) electrons. The van der Waals surface area contributed by atoms with Gasteiger partial charge >= 0.3 is 0 Å². The molecule has 1 aliphatic rings. The van der Waals surface area contributed by atoms with Gasteiger partial charge in [-0.1, -0.05) is 22.9 Å². The summed E-state index contributed by atoms with van der Waals surface area (Å²) in [7, 11) is 1.88. The molecular weight excluding hydrogens is 406 g/mol. The second kappa shape index (κ2) is 7.38. The summed E-state index contributed by atoms with van der Waals surface area (Å²) in [6.45, 7) is 0.828. The summed E-state index contributed by atoms with van der Waals surface area (Å²) in [4.78, 5) is 13.8. The molecule has 0 unspecified atom stereocenters. The van der Waals surface area contributed by atoms with E-state index in [1.807, 2.05) is 42.1 Å². The molecule has 5 rings (SSSR count). The molecule has 1 fully saturated rings. The van der Waals surface area contributed by atoms with E-state index >= 15 is 0 Å². The number of aromatic nitrogens is 8. The Morgan fingerprint density at radius 1 is 1.20 bits per heavy atom. The van der Waals surface area contributed by atoms with E-state index < -0.39 is 0 Å². The number of hydrogen-bond acceptors (Lipinski definition) is 7. The van der Waals surface area contributed by atoms with Gasteiger partial charge in [-0.3, -0.25) is 9.36 Å². The van der Waals surface area contributed by atoms with Gasteiger partial charge in [-0.15, -0.1) is 15.3 Å². The first-order valence-corrected chi connectivity index (χ1v) is 9.87. The molecule has 10 nitrogen and oxygen atoms in total. The number of H-pyrrole nitrogens is 1. The highest BCUT2D eigenvalue weighted by Crippen LogP contribution is 2.35. The summed E-state index contributed by atoms with van der Waals surface area (Å²) in [6.07, 6.45) is 5.42. The van der Waals surface area contributed by atoms with Crippen LogP contribution in [-0.2, 0) is 7.05 Å². The van der Waals surface area contributed by atoms with E-state index in [-0.39, 0.29) is 11.6 Å². The Kier molecular flexibility index (Phi) is 4.55. The monoisotopic (exact) mass is 423 g/mol. The molecule has 1 N–H and O–H groups in total. The van der Waals surface area contributed by atoms with Crippen LogP contribution in [0.15, 0.2) is 47.5 Å². The Bertz CT molecular complexity index is 1260. The third kappa shape index (κ3) is 3.24. The molecule has 1 atom stereocenters. The van der Waals surface area contributed by atoms with Gasteiger partial charge in [0.15, 0.2) is 5.82 Å². The Morgan fingerprint density at radius 2 is 2.10 bits per heavy atom. The van der Waals surface area contributed by atoms with Gasteiger partial charge < -0.3 is 4.90 Å². The Morgan fingerprint density at radius 3 is 2.93 bits per heavy atom.